The van der Waals surface area contributed by atoms with Gasteiger partial charge < -0.3 is 5.11 Å². The molecule has 0 spiro atoms. The van der Waals surface area contributed by atoms with E-state index in [0.717, 1.165) is 5.69 Å². The summed E-state index contributed by atoms with van der Waals surface area (Å²) in [5.41, 5.74) is 1.65. The largest absolute Gasteiger partial charge is 0.478 e. The average Bonchev–Trinajstić information content (AvgIpc) is 2.17. The lowest BCUT2D eigenvalue weighted by molar-refractivity contribution is 0.0699. The number of carboxylic acid groups (broad SMARTS) is 1. The van der Waals surface area contributed by atoms with Crippen molar-refractivity contribution in [1.29, 1.82) is 0 Å². The number of carboxylic acids is 1. The zero-order valence-corrected chi connectivity index (χ0v) is 7.56. The van der Waals surface area contributed by atoms with Crippen molar-refractivity contribution in [3.05, 3.63) is 35.8 Å². The van der Waals surface area contributed by atoms with Crippen molar-refractivity contribution in [1.82, 2.24) is 9.97 Å². The Morgan fingerprint density at radius 3 is 2.71 bits per heavy atom. The highest BCUT2D eigenvalue weighted by molar-refractivity contribution is 6.02. The predicted molar refractivity (Wildman–Crippen MR) is 51.2 cm³/mol. The lowest BCUT2D eigenvalue weighted by Crippen LogP contribution is -1.99. The van der Waals surface area contributed by atoms with Gasteiger partial charge in [0.1, 0.15) is 0 Å². The number of carbonyl (C=O) groups is 1. The molecule has 0 aliphatic rings. The highest BCUT2D eigenvalue weighted by Gasteiger charge is 2.09. The van der Waals surface area contributed by atoms with E-state index in [1.807, 2.05) is 0 Å². The standard InChI is InChI=1S/C10H8N2O2/c1-6-9-7(2-4-11-6)8(10(13)14)3-5-12-9/h2-5H,1H3,(H,13,14). The zero-order chi connectivity index (χ0) is 10.1. The molecule has 0 aliphatic carbocycles. The first-order valence-corrected chi connectivity index (χ1v) is 4.14. The van der Waals surface area contributed by atoms with Gasteiger partial charge in [-0.15, -0.1) is 0 Å². The summed E-state index contributed by atoms with van der Waals surface area (Å²) >= 11 is 0. The third-order valence-electron chi connectivity index (χ3n) is 2.07. The van der Waals surface area contributed by atoms with Crippen LogP contribution in [0.2, 0.25) is 0 Å². The number of pyridine rings is 2. The predicted octanol–water partition coefficient (Wildman–Crippen LogP) is 1.64. The summed E-state index contributed by atoms with van der Waals surface area (Å²) in [6.45, 7) is 1.81. The molecule has 70 valence electrons. The summed E-state index contributed by atoms with van der Waals surface area (Å²) in [5, 5.41) is 9.56. The van der Waals surface area contributed by atoms with Crippen LogP contribution in [0.4, 0.5) is 0 Å². The van der Waals surface area contributed by atoms with Crippen LogP contribution in [0.3, 0.4) is 0 Å². The van der Waals surface area contributed by atoms with Gasteiger partial charge in [0.25, 0.3) is 0 Å². The molecule has 0 bridgehead atoms. The Hall–Kier alpha value is -1.97. The molecular weight excluding hydrogens is 180 g/mol. The second kappa shape index (κ2) is 3.06. The van der Waals surface area contributed by atoms with Crippen LogP contribution in [0.1, 0.15) is 16.1 Å². The van der Waals surface area contributed by atoms with Crippen LogP contribution in [0, 0.1) is 6.92 Å². The number of hydrogen-bond donors (Lipinski definition) is 1. The molecule has 0 fully saturated rings. The molecule has 0 aromatic carbocycles. The van der Waals surface area contributed by atoms with Gasteiger partial charge in [0.2, 0.25) is 0 Å². The third-order valence-corrected chi connectivity index (χ3v) is 2.07. The van der Waals surface area contributed by atoms with E-state index in [9.17, 15) is 4.79 Å². The summed E-state index contributed by atoms with van der Waals surface area (Å²) in [4.78, 5) is 19.0. The number of nitrogens with zero attached hydrogens (tertiary/aromatic N) is 2. The van der Waals surface area contributed by atoms with Gasteiger partial charge in [0, 0.05) is 17.8 Å². The molecular formula is C10H8N2O2. The number of aromatic carboxylic acids is 1. The van der Waals surface area contributed by atoms with Gasteiger partial charge in [0.05, 0.1) is 16.8 Å². The minimum Gasteiger partial charge on any atom is -0.478 e. The Kier molecular flexibility index (Phi) is 1.89. The first kappa shape index (κ1) is 8.62. The zero-order valence-electron chi connectivity index (χ0n) is 7.56. The molecule has 14 heavy (non-hydrogen) atoms. The van der Waals surface area contributed by atoms with E-state index in [0.29, 0.717) is 10.9 Å². The summed E-state index contributed by atoms with van der Waals surface area (Å²) in [7, 11) is 0. The van der Waals surface area contributed by atoms with Gasteiger partial charge in [-0.25, -0.2) is 4.79 Å². The van der Waals surface area contributed by atoms with Gasteiger partial charge >= 0.3 is 5.97 Å². The average molecular weight is 188 g/mol. The van der Waals surface area contributed by atoms with Crippen molar-refractivity contribution >= 4 is 16.9 Å². The van der Waals surface area contributed by atoms with E-state index in [-0.39, 0.29) is 5.56 Å². The van der Waals surface area contributed by atoms with Crippen molar-refractivity contribution in [2.24, 2.45) is 0 Å². The highest BCUT2D eigenvalue weighted by Crippen LogP contribution is 2.17. The maximum absolute atomic E-state index is 10.9. The molecule has 2 heterocycles. The van der Waals surface area contributed by atoms with Gasteiger partial charge in [-0.1, -0.05) is 0 Å². The maximum atomic E-state index is 10.9. The van der Waals surface area contributed by atoms with Crippen molar-refractivity contribution in [3.8, 4) is 0 Å². The van der Waals surface area contributed by atoms with Crippen molar-refractivity contribution in [3.63, 3.8) is 0 Å². The minimum absolute atomic E-state index is 0.264. The van der Waals surface area contributed by atoms with Crippen LogP contribution in [-0.4, -0.2) is 21.0 Å². The summed E-state index contributed by atoms with van der Waals surface area (Å²) < 4.78 is 0. The normalized spacial score (nSPS) is 10.4. The van der Waals surface area contributed by atoms with Crippen LogP contribution < -0.4 is 0 Å². The van der Waals surface area contributed by atoms with Gasteiger partial charge in [-0.05, 0) is 19.1 Å². The molecule has 0 radical (unpaired) electrons. The van der Waals surface area contributed by atoms with Crippen molar-refractivity contribution in [2.75, 3.05) is 0 Å². The molecule has 0 aliphatic heterocycles. The molecule has 2 aromatic heterocycles. The lowest BCUT2D eigenvalue weighted by Gasteiger charge is -2.02. The Morgan fingerprint density at radius 1 is 1.29 bits per heavy atom. The summed E-state index contributed by atoms with van der Waals surface area (Å²) in [5.74, 6) is -0.942. The Morgan fingerprint density at radius 2 is 2.00 bits per heavy atom. The van der Waals surface area contributed by atoms with Gasteiger partial charge in [-0.2, -0.15) is 0 Å². The fraction of sp³-hybridized carbons (Fsp3) is 0.100. The number of hydrogen-bond acceptors (Lipinski definition) is 3. The Bertz CT molecular complexity index is 508. The van der Waals surface area contributed by atoms with E-state index in [4.69, 9.17) is 5.11 Å². The van der Waals surface area contributed by atoms with Crippen molar-refractivity contribution < 1.29 is 9.90 Å². The van der Waals surface area contributed by atoms with Crippen LogP contribution in [0.25, 0.3) is 10.9 Å². The van der Waals surface area contributed by atoms with Crippen LogP contribution in [0.15, 0.2) is 24.5 Å². The van der Waals surface area contributed by atoms with Crippen LogP contribution in [0.5, 0.6) is 0 Å². The monoisotopic (exact) mass is 188 g/mol. The van der Waals surface area contributed by atoms with Gasteiger partial charge in [0.15, 0.2) is 0 Å². The third kappa shape index (κ3) is 1.21. The Balaban J connectivity index is 2.88. The number of aryl methyl sites for hydroxylation is 1. The lowest BCUT2D eigenvalue weighted by atomic mass is 10.1. The van der Waals surface area contributed by atoms with E-state index in [2.05, 4.69) is 9.97 Å². The molecule has 1 N–H and O–H groups in total. The summed E-state index contributed by atoms with van der Waals surface area (Å²) in [6, 6.07) is 3.16. The van der Waals surface area contributed by atoms with Crippen LogP contribution >= 0.6 is 0 Å². The number of fused-ring (bicyclic) bond motifs is 1. The second-order valence-corrected chi connectivity index (χ2v) is 2.96. The first-order valence-electron chi connectivity index (χ1n) is 4.14. The smallest absolute Gasteiger partial charge is 0.336 e. The van der Waals surface area contributed by atoms with Gasteiger partial charge in [-0.3, -0.25) is 9.97 Å². The Labute approximate surface area is 80.2 Å². The molecule has 2 aromatic rings. The van der Waals surface area contributed by atoms with E-state index >= 15 is 0 Å². The molecule has 0 amide bonds. The first-order chi connectivity index (χ1) is 6.70. The molecule has 0 unspecified atom stereocenters. The molecule has 0 saturated heterocycles. The SMILES string of the molecule is Cc1nccc2c(C(=O)O)ccnc12. The van der Waals surface area contributed by atoms with E-state index in [1.54, 1.807) is 19.2 Å². The van der Waals surface area contributed by atoms with Crippen LogP contribution in [-0.2, 0) is 0 Å². The van der Waals surface area contributed by atoms with E-state index < -0.39 is 5.97 Å². The fourth-order valence-electron chi connectivity index (χ4n) is 1.40. The highest BCUT2D eigenvalue weighted by atomic mass is 16.4. The fourth-order valence-corrected chi connectivity index (χ4v) is 1.40. The maximum Gasteiger partial charge on any atom is 0.336 e. The second-order valence-electron chi connectivity index (χ2n) is 2.96. The number of aromatic nitrogens is 2. The topological polar surface area (TPSA) is 63.1 Å². The molecule has 2 rings (SSSR count). The van der Waals surface area contributed by atoms with E-state index in [1.165, 1.54) is 12.3 Å². The molecule has 4 heteroatoms. The molecule has 0 atom stereocenters. The number of rotatable bonds is 1. The quantitative estimate of drug-likeness (QED) is 0.738. The minimum atomic E-state index is -0.942. The summed E-state index contributed by atoms with van der Waals surface area (Å²) in [6.07, 6.45) is 3.08. The molecule has 0 saturated carbocycles. The van der Waals surface area contributed by atoms with Crippen molar-refractivity contribution in [2.45, 2.75) is 6.92 Å². The molecule has 4 nitrogen and oxygen atoms in total.